The normalized spacial score (nSPS) is 19.3. The number of aromatic nitrogens is 2. The van der Waals surface area contributed by atoms with Gasteiger partial charge in [0, 0.05) is 95.7 Å². The molecule has 64 heavy (non-hydrogen) atoms. The molecule has 4 aliphatic rings. The highest BCUT2D eigenvalue weighted by Crippen LogP contribution is 2.36. The van der Waals surface area contributed by atoms with Crippen LogP contribution in [0.1, 0.15) is 56.4 Å². The van der Waals surface area contributed by atoms with E-state index in [2.05, 4.69) is 63.7 Å². The van der Waals surface area contributed by atoms with Gasteiger partial charge in [0.2, 0.25) is 33.7 Å². The predicted molar refractivity (Wildman–Crippen MR) is 251 cm³/mol. The number of anilines is 7. The maximum atomic E-state index is 13.5. The number of methoxy groups -OCH3 is 1. The summed E-state index contributed by atoms with van der Waals surface area (Å²) in [7, 11) is -0.387. The summed E-state index contributed by atoms with van der Waals surface area (Å²) in [6, 6.07) is 21.7. The van der Waals surface area contributed by atoms with Crippen LogP contribution in [0.4, 0.5) is 40.2 Å². The van der Waals surface area contributed by atoms with Gasteiger partial charge < -0.3 is 30.1 Å². The molecule has 1 atom stereocenters. The fourth-order valence-corrected chi connectivity index (χ4v) is 9.96. The number of piperazine rings is 1. The Morgan fingerprint density at radius 3 is 2.22 bits per heavy atom. The number of halogens is 1. The zero-order valence-electron chi connectivity index (χ0n) is 36.6. The van der Waals surface area contributed by atoms with Crippen molar-refractivity contribution in [1.82, 2.24) is 25.1 Å². The van der Waals surface area contributed by atoms with Crippen LogP contribution < -0.4 is 34.8 Å². The number of hydrogen-bond donors (Lipinski definition) is 3. The van der Waals surface area contributed by atoms with Gasteiger partial charge in [0.1, 0.15) is 10.8 Å². The SMILES string of the molecule is COc1cc(N2CCC(N3CCN(C(=O)CC4CCN(c5ccc(C6CCC(=O)NC6=O)cc5)CC4)CC3)CC2)ccc1Nc1ncc(Cl)c(Nc2ccccc2N(C)S(C)(=O)=O)n1. The molecule has 0 aliphatic carbocycles. The van der Waals surface area contributed by atoms with E-state index in [0.29, 0.717) is 59.9 Å². The molecule has 1 unspecified atom stereocenters. The van der Waals surface area contributed by atoms with Crippen LogP contribution in [0.3, 0.4) is 0 Å². The van der Waals surface area contributed by atoms with Crippen LogP contribution in [0.2, 0.25) is 5.02 Å². The summed E-state index contributed by atoms with van der Waals surface area (Å²) in [4.78, 5) is 55.7. The standard InChI is InChI=1S/C46H57ClN10O6S/c1-53(64(3,61)62)40-7-5-4-6-38(40)49-44-37(47)30-48-46(52-44)50-39-14-12-35(29-41(39)63-2)55-22-18-34(19-23-55)56-24-26-57(27-25-56)43(59)28-31-16-20-54(21-17-31)33-10-8-32(9-11-33)36-13-15-42(58)51-45(36)60/h4-12,14,29-31,34,36H,13,15-28H2,1-3H3,(H,51,58,60)(H2,48,49,50,52). The molecule has 16 nitrogen and oxygen atoms in total. The van der Waals surface area contributed by atoms with Gasteiger partial charge >= 0.3 is 0 Å². The van der Waals surface area contributed by atoms with Crippen molar-refractivity contribution in [3.8, 4) is 5.75 Å². The number of nitrogens with zero attached hydrogens (tertiary/aromatic N) is 7. The van der Waals surface area contributed by atoms with E-state index in [9.17, 15) is 22.8 Å². The van der Waals surface area contributed by atoms with Crippen molar-refractivity contribution in [2.45, 2.75) is 56.9 Å². The molecule has 3 N–H and O–H groups in total. The van der Waals surface area contributed by atoms with Crippen LogP contribution in [0, 0.1) is 5.92 Å². The number of imide groups is 1. The van der Waals surface area contributed by atoms with E-state index in [1.165, 1.54) is 17.5 Å². The molecule has 18 heteroatoms. The number of hydrogen-bond acceptors (Lipinski definition) is 13. The number of rotatable bonds is 13. The van der Waals surface area contributed by atoms with Crippen LogP contribution in [0.5, 0.6) is 5.75 Å². The molecular formula is C46H57ClN10O6S. The highest BCUT2D eigenvalue weighted by molar-refractivity contribution is 7.92. The monoisotopic (exact) mass is 912 g/mol. The lowest BCUT2D eigenvalue weighted by Gasteiger charge is -2.43. The zero-order valence-corrected chi connectivity index (χ0v) is 38.2. The minimum absolute atomic E-state index is 0.198. The summed E-state index contributed by atoms with van der Waals surface area (Å²) in [5.74, 6) is 1.19. The highest BCUT2D eigenvalue weighted by atomic mass is 35.5. The van der Waals surface area contributed by atoms with E-state index in [-0.39, 0.29) is 34.6 Å². The van der Waals surface area contributed by atoms with Crippen molar-refractivity contribution in [3.05, 3.63) is 83.5 Å². The number of benzene rings is 3. The Hall–Kier alpha value is -5.65. The van der Waals surface area contributed by atoms with Gasteiger partial charge in [-0.25, -0.2) is 13.4 Å². The summed E-state index contributed by atoms with van der Waals surface area (Å²) in [5, 5.41) is 9.13. The topological polar surface area (TPSA) is 173 Å². The molecular weight excluding hydrogens is 856 g/mol. The molecule has 4 saturated heterocycles. The van der Waals surface area contributed by atoms with Crippen molar-refractivity contribution >= 4 is 79.5 Å². The Bertz CT molecular complexity index is 2440. The molecule has 0 saturated carbocycles. The maximum Gasteiger partial charge on any atom is 0.234 e. The first-order chi connectivity index (χ1) is 30.8. The van der Waals surface area contributed by atoms with Gasteiger partial charge in [-0.05, 0) is 80.0 Å². The average molecular weight is 914 g/mol. The van der Waals surface area contributed by atoms with Gasteiger partial charge in [0.15, 0.2) is 5.82 Å². The molecule has 0 bridgehead atoms. The summed E-state index contributed by atoms with van der Waals surface area (Å²) < 4.78 is 31.5. The minimum Gasteiger partial charge on any atom is -0.494 e. The van der Waals surface area contributed by atoms with Crippen molar-refractivity contribution in [1.29, 1.82) is 0 Å². The molecule has 3 amide bonds. The Kier molecular flexibility index (Phi) is 13.8. The molecule has 4 fully saturated rings. The average Bonchev–Trinajstić information content (AvgIpc) is 3.30. The van der Waals surface area contributed by atoms with Crippen LogP contribution in [-0.4, -0.2) is 125 Å². The van der Waals surface area contributed by atoms with E-state index in [1.807, 2.05) is 24.3 Å². The van der Waals surface area contributed by atoms with Crippen molar-refractivity contribution < 1.29 is 27.5 Å². The van der Waals surface area contributed by atoms with Crippen LogP contribution in [0.25, 0.3) is 0 Å². The number of piperidine rings is 3. The molecule has 4 aliphatic heterocycles. The van der Waals surface area contributed by atoms with Gasteiger partial charge in [-0.3, -0.25) is 28.9 Å². The van der Waals surface area contributed by atoms with E-state index in [0.717, 1.165) is 101 Å². The largest absolute Gasteiger partial charge is 0.494 e. The second-order valence-corrected chi connectivity index (χ2v) is 19.6. The number of amides is 3. The van der Waals surface area contributed by atoms with Crippen molar-refractivity contribution in [2.75, 3.05) is 97.5 Å². The number of sulfonamides is 1. The predicted octanol–water partition coefficient (Wildman–Crippen LogP) is 5.96. The van der Waals surface area contributed by atoms with Gasteiger partial charge in [-0.2, -0.15) is 4.98 Å². The molecule has 340 valence electrons. The molecule has 4 aromatic rings. The van der Waals surface area contributed by atoms with Crippen LogP contribution in [0.15, 0.2) is 72.9 Å². The zero-order chi connectivity index (χ0) is 45.0. The molecule has 3 aromatic carbocycles. The van der Waals surface area contributed by atoms with E-state index < -0.39 is 10.0 Å². The maximum absolute atomic E-state index is 13.5. The molecule has 1 aromatic heterocycles. The molecule has 0 radical (unpaired) electrons. The third kappa shape index (κ3) is 10.5. The number of carbonyl (C=O) groups is 3. The Labute approximate surface area is 380 Å². The third-order valence-corrected chi connectivity index (χ3v) is 14.6. The highest BCUT2D eigenvalue weighted by Gasteiger charge is 2.32. The first-order valence-electron chi connectivity index (χ1n) is 22.1. The number of para-hydroxylation sites is 2. The Morgan fingerprint density at radius 2 is 1.53 bits per heavy atom. The summed E-state index contributed by atoms with van der Waals surface area (Å²) in [6.07, 6.45) is 8.17. The third-order valence-electron chi connectivity index (χ3n) is 13.2. The van der Waals surface area contributed by atoms with Crippen LogP contribution >= 0.6 is 11.6 Å². The number of carbonyl (C=O) groups excluding carboxylic acids is 3. The first-order valence-corrected chi connectivity index (χ1v) is 24.3. The van der Waals surface area contributed by atoms with Crippen molar-refractivity contribution in [2.24, 2.45) is 5.92 Å². The fraction of sp³-hybridized carbons (Fsp3) is 0.457. The second kappa shape index (κ2) is 19.6. The number of ether oxygens (including phenoxy) is 1. The lowest BCUT2D eigenvalue weighted by molar-refractivity contribution is -0.135. The Morgan fingerprint density at radius 1 is 0.859 bits per heavy atom. The van der Waals surface area contributed by atoms with Gasteiger partial charge in [-0.1, -0.05) is 35.9 Å². The number of nitrogens with one attached hydrogen (secondary N) is 3. The quantitative estimate of drug-likeness (QED) is 0.134. The van der Waals surface area contributed by atoms with Gasteiger partial charge in [0.25, 0.3) is 0 Å². The fourth-order valence-electron chi connectivity index (χ4n) is 9.30. The molecule has 8 rings (SSSR count). The lowest BCUT2D eigenvalue weighted by atomic mass is 9.90. The van der Waals surface area contributed by atoms with Gasteiger partial charge in [0.05, 0.1) is 42.5 Å². The summed E-state index contributed by atoms with van der Waals surface area (Å²) in [6.45, 7) is 6.96. The van der Waals surface area contributed by atoms with Crippen LogP contribution in [-0.2, 0) is 24.4 Å². The van der Waals surface area contributed by atoms with E-state index in [1.54, 1.807) is 31.4 Å². The van der Waals surface area contributed by atoms with Crippen molar-refractivity contribution in [3.63, 3.8) is 0 Å². The second-order valence-electron chi connectivity index (χ2n) is 17.1. The van der Waals surface area contributed by atoms with E-state index in [4.69, 9.17) is 16.3 Å². The first kappa shape index (κ1) is 44.9. The summed E-state index contributed by atoms with van der Waals surface area (Å²) >= 11 is 6.48. The molecule has 0 spiro atoms. The Balaban J connectivity index is 0.778. The summed E-state index contributed by atoms with van der Waals surface area (Å²) in [5.41, 5.74) is 4.78. The molecule has 5 heterocycles. The van der Waals surface area contributed by atoms with E-state index >= 15 is 0 Å². The van der Waals surface area contributed by atoms with Gasteiger partial charge in [-0.15, -0.1) is 0 Å². The minimum atomic E-state index is -3.50. The lowest BCUT2D eigenvalue weighted by Crippen LogP contribution is -2.54. The smallest absolute Gasteiger partial charge is 0.234 e.